The Balaban J connectivity index is 1.99. The van der Waals surface area contributed by atoms with Gasteiger partial charge in [0.25, 0.3) is 0 Å². The molecule has 5 nitrogen and oxygen atoms in total. The number of carbonyl (C=O) groups is 1. The highest BCUT2D eigenvalue weighted by molar-refractivity contribution is 7.15. The smallest absolute Gasteiger partial charge is 0.338 e. The van der Waals surface area contributed by atoms with Gasteiger partial charge in [-0.25, -0.2) is 9.78 Å². The molecule has 0 amide bonds. The molecule has 1 aromatic heterocycles. The number of aliphatic hydroxyl groups excluding tert-OH is 1. The largest absolute Gasteiger partial charge is 0.462 e. The molecule has 6 heteroatoms. The minimum absolute atomic E-state index is 0.314. The third kappa shape index (κ3) is 3.91. The van der Waals surface area contributed by atoms with E-state index in [4.69, 9.17) is 9.72 Å². The van der Waals surface area contributed by atoms with Crippen molar-refractivity contribution < 1.29 is 14.6 Å². The molecule has 1 unspecified atom stereocenters. The van der Waals surface area contributed by atoms with Gasteiger partial charge in [0, 0.05) is 25.3 Å². The van der Waals surface area contributed by atoms with Crippen LogP contribution in [0, 0.1) is 0 Å². The minimum Gasteiger partial charge on any atom is -0.462 e. The predicted molar refractivity (Wildman–Crippen MR) is 105 cm³/mol. The molecule has 1 aliphatic rings. The van der Waals surface area contributed by atoms with E-state index >= 15 is 0 Å². The number of ether oxygens (including phenoxy) is 1. The number of unbranched alkanes of at least 4 members (excludes halogenated alkanes) is 1. The van der Waals surface area contributed by atoms with Gasteiger partial charge in [-0.2, -0.15) is 0 Å². The Kier molecular flexibility index (Phi) is 5.94. The summed E-state index contributed by atoms with van der Waals surface area (Å²) < 4.78 is 5.46. The zero-order valence-corrected chi connectivity index (χ0v) is 16.4. The van der Waals surface area contributed by atoms with Crippen LogP contribution in [-0.4, -0.2) is 36.8 Å². The van der Waals surface area contributed by atoms with Crippen molar-refractivity contribution in [1.29, 1.82) is 0 Å². The average molecular weight is 375 g/mol. The molecule has 26 heavy (non-hydrogen) atoms. The quantitative estimate of drug-likeness (QED) is 0.606. The Morgan fingerprint density at radius 3 is 2.92 bits per heavy atom. The molecule has 0 radical (unpaired) electrons. The van der Waals surface area contributed by atoms with Crippen LogP contribution in [-0.2, 0) is 11.2 Å². The Morgan fingerprint density at radius 1 is 1.42 bits per heavy atom. The minimum atomic E-state index is -0.439. The van der Waals surface area contributed by atoms with Crippen LogP contribution in [0.4, 0.5) is 5.69 Å². The van der Waals surface area contributed by atoms with E-state index in [-0.39, 0.29) is 5.97 Å². The fourth-order valence-electron chi connectivity index (χ4n) is 3.06. The number of rotatable bonds is 6. The molecule has 0 bridgehead atoms. The van der Waals surface area contributed by atoms with Crippen molar-refractivity contribution >= 4 is 23.0 Å². The Morgan fingerprint density at radius 2 is 2.23 bits per heavy atom. The number of hydrogen-bond acceptors (Lipinski definition) is 6. The normalized spacial score (nSPS) is 16.2. The van der Waals surface area contributed by atoms with Gasteiger partial charge in [-0.3, -0.25) is 0 Å². The number of aromatic nitrogens is 1. The van der Waals surface area contributed by atoms with E-state index in [1.54, 1.807) is 0 Å². The SMILES string of the molecule is CCCCOC(=O)c1cc(N(C)C)ccc1-c1nc2c(s1)C(O)CCC2. The van der Waals surface area contributed by atoms with Gasteiger partial charge in [-0.1, -0.05) is 13.3 Å². The van der Waals surface area contributed by atoms with E-state index in [9.17, 15) is 9.90 Å². The Bertz CT molecular complexity index is 785. The van der Waals surface area contributed by atoms with Crippen LogP contribution in [0.1, 0.15) is 59.6 Å². The molecule has 0 aliphatic heterocycles. The molecular weight excluding hydrogens is 348 g/mol. The molecule has 1 atom stereocenters. The molecule has 3 rings (SSSR count). The molecule has 0 saturated carbocycles. The first-order chi connectivity index (χ1) is 12.5. The van der Waals surface area contributed by atoms with Crippen molar-refractivity contribution in [2.75, 3.05) is 25.6 Å². The zero-order chi connectivity index (χ0) is 18.7. The fraction of sp³-hybridized carbons (Fsp3) is 0.500. The second kappa shape index (κ2) is 8.18. The van der Waals surface area contributed by atoms with Crippen molar-refractivity contribution in [3.8, 4) is 10.6 Å². The van der Waals surface area contributed by atoms with Gasteiger partial charge in [0.15, 0.2) is 0 Å². The molecule has 140 valence electrons. The molecular formula is C20H26N2O3S. The number of thiazole rings is 1. The van der Waals surface area contributed by atoms with Gasteiger partial charge in [0.05, 0.1) is 28.8 Å². The summed E-state index contributed by atoms with van der Waals surface area (Å²) in [6, 6.07) is 5.78. The van der Waals surface area contributed by atoms with Crippen LogP contribution in [0.2, 0.25) is 0 Å². The monoisotopic (exact) mass is 374 g/mol. The number of aliphatic hydroxyl groups is 1. The fourth-order valence-corrected chi connectivity index (χ4v) is 4.24. The van der Waals surface area contributed by atoms with Gasteiger partial charge >= 0.3 is 5.97 Å². The van der Waals surface area contributed by atoms with Crippen molar-refractivity contribution in [2.45, 2.75) is 45.1 Å². The number of fused-ring (bicyclic) bond motifs is 1. The molecule has 1 heterocycles. The standard InChI is InChI=1S/C20H26N2O3S/c1-4-5-11-25-20(24)15-12-13(22(2)3)9-10-14(15)19-21-16-7-6-8-17(23)18(16)26-19/h9-10,12,17,23H,4-8,11H2,1-3H3. The average Bonchev–Trinajstić information content (AvgIpc) is 3.07. The third-order valence-corrected chi connectivity index (χ3v) is 5.85. The first-order valence-corrected chi connectivity index (χ1v) is 9.99. The van der Waals surface area contributed by atoms with Crippen LogP contribution < -0.4 is 4.90 Å². The van der Waals surface area contributed by atoms with Crippen LogP contribution >= 0.6 is 11.3 Å². The van der Waals surface area contributed by atoms with E-state index in [1.807, 2.05) is 37.2 Å². The summed E-state index contributed by atoms with van der Waals surface area (Å²) in [6.45, 7) is 2.49. The number of nitrogens with zero attached hydrogens (tertiary/aromatic N) is 2. The number of aryl methyl sites for hydroxylation is 1. The maximum absolute atomic E-state index is 12.7. The topological polar surface area (TPSA) is 62.7 Å². The van der Waals surface area contributed by atoms with Crippen LogP contribution in [0.3, 0.4) is 0 Å². The van der Waals surface area contributed by atoms with E-state index in [0.29, 0.717) is 12.2 Å². The van der Waals surface area contributed by atoms with E-state index < -0.39 is 6.10 Å². The Labute approximate surface area is 158 Å². The second-order valence-electron chi connectivity index (χ2n) is 6.85. The molecule has 1 aliphatic carbocycles. The van der Waals surface area contributed by atoms with Crippen LogP contribution in [0.25, 0.3) is 10.6 Å². The van der Waals surface area contributed by atoms with Crippen LogP contribution in [0.5, 0.6) is 0 Å². The molecule has 1 aromatic carbocycles. The lowest BCUT2D eigenvalue weighted by molar-refractivity contribution is 0.0500. The van der Waals surface area contributed by atoms with Crippen molar-refractivity contribution in [3.05, 3.63) is 34.3 Å². The highest BCUT2D eigenvalue weighted by Gasteiger charge is 2.25. The first kappa shape index (κ1) is 18.9. The lowest BCUT2D eigenvalue weighted by Gasteiger charge is -2.15. The van der Waals surface area contributed by atoms with Crippen molar-refractivity contribution in [3.63, 3.8) is 0 Å². The van der Waals surface area contributed by atoms with Gasteiger partial charge in [0.1, 0.15) is 5.01 Å². The van der Waals surface area contributed by atoms with Crippen molar-refractivity contribution in [1.82, 2.24) is 4.98 Å². The zero-order valence-electron chi connectivity index (χ0n) is 15.6. The maximum atomic E-state index is 12.7. The summed E-state index contributed by atoms with van der Waals surface area (Å²) in [5.41, 5.74) is 3.22. The lowest BCUT2D eigenvalue weighted by Crippen LogP contribution is -2.12. The highest BCUT2D eigenvalue weighted by atomic mass is 32.1. The first-order valence-electron chi connectivity index (χ1n) is 9.17. The van der Waals surface area contributed by atoms with Gasteiger partial charge in [0.2, 0.25) is 0 Å². The number of anilines is 1. The molecule has 2 aromatic rings. The third-order valence-electron chi connectivity index (χ3n) is 4.62. The summed E-state index contributed by atoms with van der Waals surface area (Å²) in [4.78, 5) is 20.3. The summed E-state index contributed by atoms with van der Waals surface area (Å²) in [6.07, 6.45) is 4.00. The predicted octanol–water partition coefficient (Wildman–Crippen LogP) is 4.20. The maximum Gasteiger partial charge on any atom is 0.338 e. The van der Waals surface area contributed by atoms with Gasteiger partial charge in [-0.05, 0) is 43.9 Å². The van der Waals surface area contributed by atoms with E-state index in [0.717, 1.165) is 58.9 Å². The highest BCUT2D eigenvalue weighted by Crippen LogP contribution is 2.39. The van der Waals surface area contributed by atoms with Gasteiger partial charge in [-0.15, -0.1) is 11.3 Å². The summed E-state index contributed by atoms with van der Waals surface area (Å²) in [5.74, 6) is -0.314. The number of esters is 1. The lowest BCUT2D eigenvalue weighted by atomic mass is 10.0. The summed E-state index contributed by atoms with van der Waals surface area (Å²) in [7, 11) is 3.89. The van der Waals surface area contributed by atoms with Crippen LogP contribution in [0.15, 0.2) is 18.2 Å². The van der Waals surface area contributed by atoms with E-state index in [1.165, 1.54) is 11.3 Å². The molecule has 0 spiro atoms. The summed E-state index contributed by atoms with van der Waals surface area (Å²) >= 11 is 1.49. The Hall–Kier alpha value is -1.92. The molecule has 0 fully saturated rings. The number of benzene rings is 1. The second-order valence-corrected chi connectivity index (χ2v) is 7.88. The van der Waals surface area contributed by atoms with Gasteiger partial charge < -0.3 is 14.7 Å². The molecule has 0 saturated heterocycles. The molecule has 1 N–H and O–H groups in total. The van der Waals surface area contributed by atoms with E-state index in [2.05, 4.69) is 6.92 Å². The number of hydrogen-bond donors (Lipinski definition) is 1. The summed E-state index contributed by atoms with van der Waals surface area (Å²) in [5, 5.41) is 11.0. The number of carbonyl (C=O) groups excluding carboxylic acids is 1. The van der Waals surface area contributed by atoms with Crippen molar-refractivity contribution in [2.24, 2.45) is 0 Å².